The Labute approximate surface area is 88.6 Å². The lowest BCUT2D eigenvalue weighted by Crippen LogP contribution is -2.48. The summed E-state index contributed by atoms with van der Waals surface area (Å²) >= 11 is 0. The van der Waals surface area contributed by atoms with Crippen molar-refractivity contribution in [3.8, 4) is 0 Å². The van der Waals surface area contributed by atoms with Crippen LogP contribution in [-0.4, -0.2) is 43.8 Å². The molecule has 86 valence electrons. The van der Waals surface area contributed by atoms with Crippen LogP contribution in [0.25, 0.3) is 0 Å². The third-order valence-corrected chi connectivity index (χ3v) is 2.65. The number of rotatable bonds is 7. The van der Waals surface area contributed by atoms with Crippen molar-refractivity contribution in [3.63, 3.8) is 0 Å². The predicted molar refractivity (Wildman–Crippen MR) is 61.4 cm³/mol. The molecular formula is C11H26N2O. The zero-order valence-electron chi connectivity index (χ0n) is 10.3. The molecule has 0 amide bonds. The fourth-order valence-corrected chi connectivity index (χ4v) is 1.79. The summed E-state index contributed by atoms with van der Waals surface area (Å²) < 4.78 is 5.11. The van der Waals surface area contributed by atoms with Crippen molar-refractivity contribution < 1.29 is 4.74 Å². The van der Waals surface area contributed by atoms with Crippen LogP contribution in [0.15, 0.2) is 0 Å². The summed E-state index contributed by atoms with van der Waals surface area (Å²) in [7, 11) is 1.74. The van der Waals surface area contributed by atoms with Crippen molar-refractivity contribution in [2.75, 3.05) is 26.8 Å². The number of ether oxygens (including phenoxy) is 1. The average Bonchev–Trinajstić information content (AvgIpc) is 2.10. The summed E-state index contributed by atoms with van der Waals surface area (Å²) in [6, 6.07) is 0.992. The van der Waals surface area contributed by atoms with Gasteiger partial charge in [-0.15, -0.1) is 0 Å². The topological polar surface area (TPSA) is 38.5 Å². The second kappa shape index (κ2) is 7.21. The molecule has 0 fully saturated rings. The molecule has 0 aromatic carbocycles. The summed E-state index contributed by atoms with van der Waals surface area (Å²) in [6.45, 7) is 11.3. The van der Waals surface area contributed by atoms with Crippen molar-refractivity contribution in [3.05, 3.63) is 0 Å². The Kier molecular flexibility index (Phi) is 7.15. The molecule has 0 aromatic rings. The molecule has 0 saturated carbocycles. The molecule has 1 atom stereocenters. The second-order valence-corrected chi connectivity index (χ2v) is 4.37. The SMILES string of the molecule is COCCN(C(C)C)C(CN)C(C)C. The molecule has 14 heavy (non-hydrogen) atoms. The third kappa shape index (κ3) is 4.40. The Balaban J connectivity index is 4.28. The molecule has 0 aliphatic heterocycles. The quantitative estimate of drug-likeness (QED) is 0.677. The summed E-state index contributed by atoms with van der Waals surface area (Å²) in [5, 5.41) is 0. The molecule has 0 spiro atoms. The average molecular weight is 202 g/mol. The molecule has 1 unspecified atom stereocenters. The van der Waals surface area contributed by atoms with Gasteiger partial charge in [0, 0.05) is 32.3 Å². The minimum absolute atomic E-state index is 0.463. The van der Waals surface area contributed by atoms with Crippen LogP contribution in [0.3, 0.4) is 0 Å². The first-order valence-corrected chi connectivity index (χ1v) is 5.49. The van der Waals surface area contributed by atoms with Crippen molar-refractivity contribution in [2.45, 2.75) is 39.8 Å². The lowest BCUT2D eigenvalue weighted by Gasteiger charge is -2.36. The summed E-state index contributed by atoms with van der Waals surface area (Å²) in [5.74, 6) is 0.597. The van der Waals surface area contributed by atoms with E-state index in [1.807, 2.05) is 0 Å². The van der Waals surface area contributed by atoms with Crippen molar-refractivity contribution in [1.29, 1.82) is 0 Å². The molecule has 0 rings (SSSR count). The smallest absolute Gasteiger partial charge is 0.0589 e. The van der Waals surface area contributed by atoms with Gasteiger partial charge >= 0.3 is 0 Å². The molecule has 3 nitrogen and oxygen atoms in total. The first-order valence-electron chi connectivity index (χ1n) is 5.49. The lowest BCUT2D eigenvalue weighted by molar-refractivity contribution is 0.0793. The Morgan fingerprint density at radius 2 is 1.79 bits per heavy atom. The van der Waals surface area contributed by atoms with Crippen LogP contribution in [0.2, 0.25) is 0 Å². The van der Waals surface area contributed by atoms with E-state index in [0.717, 1.165) is 19.7 Å². The Bertz CT molecular complexity index is 137. The van der Waals surface area contributed by atoms with Gasteiger partial charge in [-0.25, -0.2) is 0 Å². The highest BCUT2D eigenvalue weighted by atomic mass is 16.5. The first-order chi connectivity index (χ1) is 6.54. The van der Waals surface area contributed by atoms with Crippen LogP contribution in [0.5, 0.6) is 0 Å². The third-order valence-electron chi connectivity index (χ3n) is 2.65. The number of methoxy groups -OCH3 is 1. The molecule has 2 N–H and O–H groups in total. The van der Waals surface area contributed by atoms with Gasteiger partial charge in [-0.05, 0) is 19.8 Å². The Morgan fingerprint density at radius 3 is 2.07 bits per heavy atom. The number of hydrogen-bond donors (Lipinski definition) is 1. The maximum absolute atomic E-state index is 5.80. The molecule has 0 aliphatic carbocycles. The highest BCUT2D eigenvalue weighted by Gasteiger charge is 2.22. The zero-order chi connectivity index (χ0) is 11.1. The fourth-order valence-electron chi connectivity index (χ4n) is 1.79. The van der Waals surface area contributed by atoms with Gasteiger partial charge < -0.3 is 10.5 Å². The maximum atomic E-state index is 5.80. The normalized spacial score (nSPS) is 14.4. The minimum atomic E-state index is 0.463. The highest BCUT2D eigenvalue weighted by Crippen LogP contribution is 2.12. The molecule has 0 heterocycles. The molecule has 3 heteroatoms. The monoisotopic (exact) mass is 202 g/mol. The molecule has 0 radical (unpaired) electrons. The maximum Gasteiger partial charge on any atom is 0.0589 e. The standard InChI is InChI=1S/C11H26N2O/c1-9(2)11(8-12)13(10(3)4)6-7-14-5/h9-11H,6-8,12H2,1-5H3. The van der Waals surface area contributed by atoms with Gasteiger partial charge in [0.05, 0.1) is 6.61 Å². The molecule has 0 saturated heterocycles. The summed E-state index contributed by atoms with van der Waals surface area (Å²) in [4.78, 5) is 2.42. The van der Waals surface area contributed by atoms with Crippen molar-refractivity contribution in [2.24, 2.45) is 11.7 Å². The van der Waals surface area contributed by atoms with E-state index >= 15 is 0 Å². The van der Waals surface area contributed by atoms with Crippen molar-refractivity contribution in [1.82, 2.24) is 4.90 Å². The lowest BCUT2D eigenvalue weighted by atomic mass is 10.0. The predicted octanol–water partition coefficient (Wildman–Crippen LogP) is 1.33. The van der Waals surface area contributed by atoms with Crippen LogP contribution in [0.1, 0.15) is 27.7 Å². The molecule has 0 aliphatic rings. The second-order valence-electron chi connectivity index (χ2n) is 4.37. The van der Waals surface area contributed by atoms with Gasteiger partial charge in [0.15, 0.2) is 0 Å². The van der Waals surface area contributed by atoms with Crippen LogP contribution in [0.4, 0.5) is 0 Å². The zero-order valence-corrected chi connectivity index (χ0v) is 10.3. The van der Waals surface area contributed by atoms with Gasteiger partial charge in [0.1, 0.15) is 0 Å². The van der Waals surface area contributed by atoms with E-state index in [2.05, 4.69) is 32.6 Å². The van der Waals surface area contributed by atoms with Gasteiger partial charge in [-0.2, -0.15) is 0 Å². The molecule has 0 aromatic heterocycles. The summed E-state index contributed by atoms with van der Waals surface area (Å²) in [5.41, 5.74) is 5.80. The minimum Gasteiger partial charge on any atom is -0.383 e. The van der Waals surface area contributed by atoms with Crippen LogP contribution in [0, 0.1) is 5.92 Å². The van der Waals surface area contributed by atoms with Crippen LogP contribution < -0.4 is 5.73 Å². The first kappa shape index (κ1) is 13.9. The Morgan fingerprint density at radius 1 is 1.21 bits per heavy atom. The van der Waals surface area contributed by atoms with Gasteiger partial charge in [0.25, 0.3) is 0 Å². The van der Waals surface area contributed by atoms with E-state index in [0.29, 0.717) is 18.0 Å². The van der Waals surface area contributed by atoms with Gasteiger partial charge in [-0.1, -0.05) is 13.8 Å². The van der Waals surface area contributed by atoms with E-state index in [9.17, 15) is 0 Å². The molecule has 0 bridgehead atoms. The number of hydrogen-bond acceptors (Lipinski definition) is 3. The number of nitrogens with two attached hydrogens (primary N) is 1. The highest BCUT2D eigenvalue weighted by molar-refractivity contribution is 4.78. The fraction of sp³-hybridized carbons (Fsp3) is 1.00. The van der Waals surface area contributed by atoms with Crippen molar-refractivity contribution >= 4 is 0 Å². The van der Waals surface area contributed by atoms with E-state index in [4.69, 9.17) is 10.5 Å². The largest absolute Gasteiger partial charge is 0.383 e. The molecular weight excluding hydrogens is 176 g/mol. The van der Waals surface area contributed by atoms with Gasteiger partial charge in [0.2, 0.25) is 0 Å². The van der Waals surface area contributed by atoms with Crippen LogP contribution >= 0.6 is 0 Å². The van der Waals surface area contributed by atoms with E-state index < -0.39 is 0 Å². The summed E-state index contributed by atoms with van der Waals surface area (Å²) in [6.07, 6.45) is 0. The van der Waals surface area contributed by atoms with E-state index in [-0.39, 0.29) is 0 Å². The number of nitrogens with zero attached hydrogens (tertiary/aromatic N) is 1. The van der Waals surface area contributed by atoms with Gasteiger partial charge in [-0.3, -0.25) is 4.90 Å². The Hall–Kier alpha value is -0.120. The van der Waals surface area contributed by atoms with Crippen LogP contribution in [-0.2, 0) is 4.74 Å². The van der Waals surface area contributed by atoms with E-state index in [1.54, 1.807) is 7.11 Å². The van der Waals surface area contributed by atoms with E-state index in [1.165, 1.54) is 0 Å².